The number of hydrogen-bond donors (Lipinski definition) is 3. The topological polar surface area (TPSA) is 94.8 Å². The molecule has 0 bridgehead atoms. The fraction of sp³-hybridized carbons (Fsp3) is 0.444. The van der Waals surface area contributed by atoms with Crippen molar-refractivity contribution in [2.24, 2.45) is 16.7 Å². The molecule has 1 aromatic rings. The molecule has 2 aliphatic carbocycles. The third-order valence-corrected chi connectivity index (χ3v) is 5.65. The Labute approximate surface area is 134 Å². The van der Waals surface area contributed by atoms with E-state index in [1.165, 1.54) is 0 Å². The fourth-order valence-electron chi connectivity index (χ4n) is 4.56. The largest absolute Gasteiger partial charge is 0.481 e. The number of carboxylic acid groups (broad SMARTS) is 2. The van der Waals surface area contributed by atoms with Gasteiger partial charge in [-0.3, -0.25) is 9.59 Å². The average molecular weight is 316 g/mol. The molecule has 1 aromatic carbocycles. The zero-order chi connectivity index (χ0) is 16.7. The summed E-state index contributed by atoms with van der Waals surface area (Å²) in [5.74, 6) is -2.83. The van der Waals surface area contributed by atoms with Crippen LogP contribution < -0.4 is 0 Å². The summed E-state index contributed by atoms with van der Waals surface area (Å²) in [6.45, 7) is 0. The summed E-state index contributed by atoms with van der Waals surface area (Å²) in [6, 6.07) is 9.06. The van der Waals surface area contributed by atoms with Crippen molar-refractivity contribution in [3.8, 4) is 0 Å². The van der Waals surface area contributed by atoms with Crippen molar-refractivity contribution in [1.29, 1.82) is 0 Å². The highest BCUT2D eigenvalue weighted by Crippen LogP contribution is 2.62. The molecular weight excluding hydrogens is 296 g/mol. The highest BCUT2D eigenvalue weighted by Gasteiger charge is 2.70. The highest BCUT2D eigenvalue weighted by atomic mass is 16.4. The minimum absolute atomic E-state index is 0.0319. The van der Waals surface area contributed by atoms with E-state index in [1.54, 1.807) is 18.2 Å². The summed E-state index contributed by atoms with van der Waals surface area (Å²) >= 11 is 0. The Balaban J connectivity index is 2.16. The van der Waals surface area contributed by atoms with E-state index in [-0.39, 0.29) is 19.3 Å². The summed E-state index contributed by atoms with van der Waals surface area (Å²) in [4.78, 5) is 24.4. The van der Waals surface area contributed by atoms with E-state index in [0.717, 1.165) is 5.56 Å². The van der Waals surface area contributed by atoms with Gasteiger partial charge in [-0.05, 0) is 31.2 Å². The SMILES string of the molecule is O=C(O)C1(Cc2ccccc2)CC(O)C2CC=CCC21C(=O)O. The number of aliphatic hydroxyl groups excluding tert-OH is 1. The molecule has 0 heterocycles. The van der Waals surface area contributed by atoms with Crippen molar-refractivity contribution in [2.45, 2.75) is 31.8 Å². The summed E-state index contributed by atoms with van der Waals surface area (Å²) < 4.78 is 0. The molecule has 2 aliphatic rings. The Bertz CT molecular complexity index is 653. The molecule has 5 nitrogen and oxygen atoms in total. The summed E-state index contributed by atoms with van der Waals surface area (Å²) in [6.07, 6.45) is 3.28. The van der Waals surface area contributed by atoms with Gasteiger partial charge in [-0.2, -0.15) is 0 Å². The lowest BCUT2D eigenvalue weighted by molar-refractivity contribution is -0.175. The van der Waals surface area contributed by atoms with Gasteiger partial charge in [-0.15, -0.1) is 0 Å². The molecule has 0 amide bonds. The molecule has 0 spiro atoms. The molecule has 4 atom stereocenters. The first-order valence-electron chi connectivity index (χ1n) is 7.78. The van der Waals surface area contributed by atoms with Crippen molar-refractivity contribution >= 4 is 11.9 Å². The second-order valence-electron chi connectivity index (χ2n) is 6.62. The van der Waals surface area contributed by atoms with Crippen LogP contribution >= 0.6 is 0 Å². The fourth-order valence-corrected chi connectivity index (χ4v) is 4.56. The van der Waals surface area contributed by atoms with Crippen LogP contribution in [0.2, 0.25) is 0 Å². The van der Waals surface area contributed by atoms with Gasteiger partial charge in [0.05, 0.1) is 16.9 Å². The predicted octanol–water partition coefficient (Wildman–Crippen LogP) is 2.10. The van der Waals surface area contributed by atoms with Crippen LogP contribution in [0.3, 0.4) is 0 Å². The monoisotopic (exact) mass is 316 g/mol. The van der Waals surface area contributed by atoms with E-state index in [9.17, 15) is 24.9 Å². The van der Waals surface area contributed by atoms with Gasteiger partial charge in [0.25, 0.3) is 0 Å². The number of hydrogen-bond acceptors (Lipinski definition) is 3. The van der Waals surface area contributed by atoms with Crippen molar-refractivity contribution in [3.05, 3.63) is 48.0 Å². The first-order chi connectivity index (χ1) is 10.9. The number of allylic oxidation sites excluding steroid dienone is 2. The van der Waals surface area contributed by atoms with Crippen LogP contribution in [0.15, 0.2) is 42.5 Å². The lowest BCUT2D eigenvalue weighted by atomic mass is 9.56. The van der Waals surface area contributed by atoms with Gasteiger partial charge in [-0.1, -0.05) is 42.5 Å². The molecule has 0 aliphatic heterocycles. The number of aliphatic carboxylic acids is 2. The summed E-state index contributed by atoms with van der Waals surface area (Å²) in [5.41, 5.74) is -2.20. The van der Waals surface area contributed by atoms with E-state index < -0.39 is 34.8 Å². The average Bonchev–Trinajstić information content (AvgIpc) is 2.80. The van der Waals surface area contributed by atoms with E-state index >= 15 is 0 Å². The van der Waals surface area contributed by atoms with Gasteiger partial charge >= 0.3 is 11.9 Å². The van der Waals surface area contributed by atoms with Crippen LogP contribution in [-0.2, 0) is 16.0 Å². The van der Waals surface area contributed by atoms with Gasteiger partial charge < -0.3 is 15.3 Å². The van der Waals surface area contributed by atoms with Gasteiger partial charge in [0.15, 0.2) is 0 Å². The number of rotatable bonds is 4. The Hall–Kier alpha value is -2.14. The van der Waals surface area contributed by atoms with Crippen molar-refractivity contribution < 1.29 is 24.9 Å². The quantitative estimate of drug-likeness (QED) is 0.740. The second-order valence-corrected chi connectivity index (χ2v) is 6.62. The third-order valence-electron chi connectivity index (χ3n) is 5.65. The predicted molar refractivity (Wildman–Crippen MR) is 82.8 cm³/mol. The van der Waals surface area contributed by atoms with Gasteiger partial charge in [-0.25, -0.2) is 0 Å². The Morgan fingerprint density at radius 3 is 2.39 bits per heavy atom. The van der Waals surface area contributed by atoms with Crippen LogP contribution in [0.4, 0.5) is 0 Å². The van der Waals surface area contributed by atoms with Crippen LogP contribution in [0.5, 0.6) is 0 Å². The highest BCUT2D eigenvalue weighted by molar-refractivity contribution is 5.89. The van der Waals surface area contributed by atoms with Gasteiger partial charge in [0.2, 0.25) is 0 Å². The lowest BCUT2D eigenvalue weighted by Crippen LogP contribution is -2.53. The third kappa shape index (κ3) is 2.10. The molecule has 1 fully saturated rings. The van der Waals surface area contributed by atoms with Crippen LogP contribution in [-0.4, -0.2) is 33.4 Å². The molecule has 0 saturated heterocycles. The van der Waals surface area contributed by atoms with Crippen molar-refractivity contribution in [3.63, 3.8) is 0 Å². The zero-order valence-corrected chi connectivity index (χ0v) is 12.7. The first kappa shape index (κ1) is 15.7. The molecule has 23 heavy (non-hydrogen) atoms. The summed E-state index contributed by atoms with van der Waals surface area (Å²) in [5, 5.41) is 30.4. The maximum absolute atomic E-state index is 12.2. The summed E-state index contributed by atoms with van der Waals surface area (Å²) in [7, 11) is 0. The van der Waals surface area contributed by atoms with Crippen LogP contribution in [0, 0.1) is 16.7 Å². The number of carbonyl (C=O) groups is 2. The van der Waals surface area contributed by atoms with Crippen molar-refractivity contribution in [2.75, 3.05) is 0 Å². The van der Waals surface area contributed by atoms with Gasteiger partial charge in [0.1, 0.15) is 0 Å². The first-order valence-corrected chi connectivity index (χ1v) is 7.78. The van der Waals surface area contributed by atoms with Gasteiger partial charge in [0, 0.05) is 5.92 Å². The molecule has 3 rings (SSSR count). The molecule has 5 heteroatoms. The van der Waals surface area contributed by atoms with E-state index in [0.29, 0.717) is 6.42 Å². The molecule has 1 saturated carbocycles. The van der Waals surface area contributed by atoms with E-state index in [2.05, 4.69) is 0 Å². The standard InChI is InChI=1S/C18H20O5/c19-14-11-17(15(20)21,10-12-6-2-1-3-7-12)18(16(22)23)9-5-4-8-13(14)18/h1-7,13-14,19H,8-11H2,(H,20,21)(H,22,23). The van der Waals surface area contributed by atoms with E-state index in [1.807, 2.05) is 24.3 Å². The molecule has 0 radical (unpaired) electrons. The molecule has 3 N–H and O–H groups in total. The maximum Gasteiger partial charge on any atom is 0.311 e. The van der Waals surface area contributed by atoms with E-state index in [4.69, 9.17) is 0 Å². The maximum atomic E-state index is 12.2. The normalized spacial score (nSPS) is 35.7. The minimum atomic E-state index is -1.50. The Kier molecular flexibility index (Phi) is 3.76. The molecular formula is C18H20O5. The molecule has 4 unspecified atom stereocenters. The number of aliphatic hydroxyl groups is 1. The smallest absolute Gasteiger partial charge is 0.311 e. The second kappa shape index (κ2) is 5.49. The van der Waals surface area contributed by atoms with Crippen LogP contribution in [0.1, 0.15) is 24.8 Å². The van der Waals surface area contributed by atoms with Crippen molar-refractivity contribution in [1.82, 2.24) is 0 Å². The number of benzene rings is 1. The number of fused-ring (bicyclic) bond motifs is 1. The lowest BCUT2D eigenvalue weighted by Gasteiger charge is -2.43. The Morgan fingerprint density at radius 1 is 1.09 bits per heavy atom. The number of carboxylic acids is 2. The zero-order valence-electron chi connectivity index (χ0n) is 12.7. The molecule has 0 aromatic heterocycles. The minimum Gasteiger partial charge on any atom is -0.481 e. The van der Waals surface area contributed by atoms with Crippen LogP contribution in [0.25, 0.3) is 0 Å². The Morgan fingerprint density at radius 2 is 1.78 bits per heavy atom. The molecule has 122 valence electrons.